The summed E-state index contributed by atoms with van der Waals surface area (Å²) in [7, 11) is 0. The molecule has 0 unspecified atom stereocenters. The highest BCUT2D eigenvalue weighted by atomic mass is 32.1. The molecule has 0 aliphatic carbocycles. The minimum absolute atomic E-state index is 0.186. The number of hydrogen-bond donors (Lipinski definition) is 0. The van der Waals surface area contributed by atoms with E-state index in [0.29, 0.717) is 5.92 Å². The molecule has 2 nitrogen and oxygen atoms in total. The Kier molecular flexibility index (Phi) is 4.11. The van der Waals surface area contributed by atoms with E-state index in [1.54, 1.807) is 11.3 Å². The number of benzene rings is 1. The molecule has 3 heteroatoms. The van der Waals surface area contributed by atoms with Crippen molar-refractivity contribution < 1.29 is 4.79 Å². The number of carbonyl (C=O) groups excluding carboxylic acids is 1. The fraction of sp³-hybridized carbons (Fsp3) is 0.389. The van der Waals surface area contributed by atoms with Crippen molar-refractivity contribution >= 4 is 17.2 Å². The zero-order valence-corrected chi connectivity index (χ0v) is 13.5. The Balaban J connectivity index is 1.67. The number of likely N-dealkylation sites (tertiary alicyclic amines) is 1. The number of amides is 1. The first-order chi connectivity index (χ1) is 10.1. The Morgan fingerprint density at radius 1 is 1.14 bits per heavy atom. The van der Waals surface area contributed by atoms with Crippen LogP contribution in [-0.2, 0) is 0 Å². The topological polar surface area (TPSA) is 20.3 Å². The summed E-state index contributed by atoms with van der Waals surface area (Å²) in [4.78, 5) is 14.6. The van der Waals surface area contributed by atoms with Crippen LogP contribution in [0.15, 0.2) is 35.0 Å². The van der Waals surface area contributed by atoms with Crippen LogP contribution < -0.4 is 0 Å². The van der Waals surface area contributed by atoms with Gasteiger partial charge in [-0.2, -0.15) is 11.3 Å². The Morgan fingerprint density at radius 2 is 1.81 bits per heavy atom. The summed E-state index contributed by atoms with van der Waals surface area (Å²) in [6.07, 6.45) is 2.15. The van der Waals surface area contributed by atoms with Gasteiger partial charge in [0, 0.05) is 18.7 Å². The van der Waals surface area contributed by atoms with Crippen molar-refractivity contribution in [2.75, 3.05) is 13.1 Å². The maximum absolute atomic E-state index is 12.6. The van der Waals surface area contributed by atoms with E-state index in [2.05, 4.69) is 22.9 Å². The average molecular weight is 299 g/mol. The van der Waals surface area contributed by atoms with Gasteiger partial charge >= 0.3 is 0 Å². The molecule has 1 saturated heterocycles. The maximum Gasteiger partial charge on any atom is 0.253 e. The summed E-state index contributed by atoms with van der Waals surface area (Å²) >= 11 is 1.76. The van der Waals surface area contributed by atoms with Gasteiger partial charge in [0.2, 0.25) is 0 Å². The number of rotatable bonds is 2. The van der Waals surface area contributed by atoms with Gasteiger partial charge in [0.25, 0.3) is 5.91 Å². The number of piperidine rings is 1. The number of hydrogen-bond acceptors (Lipinski definition) is 2. The Labute approximate surface area is 130 Å². The highest BCUT2D eigenvalue weighted by Gasteiger charge is 2.24. The zero-order chi connectivity index (χ0) is 14.8. The van der Waals surface area contributed by atoms with Crippen LogP contribution in [0.2, 0.25) is 0 Å². The van der Waals surface area contributed by atoms with Gasteiger partial charge < -0.3 is 4.90 Å². The van der Waals surface area contributed by atoms with Crippen LogP contribution >= 0.6 is 11.3 Å². The maximum atomic E-state index is 12.6. The molecule has 1 aromatic heterocycles. The third kappa shape index (κ3) is 3.18. The molecule has 3 rings (SSSR count). The van der Waals surface area contributed by atoms with Crippen molar-refractivity contribution in [3.63, 3.8) is 0 Å². The molecule has 1 amide bonds. The number of carbonyl (C=O) groups is 1. The molecular formula is C18H21NOS. The van der Waals surface area contributed by atoms with Crippen molar-refractivity contribution in [2.45, 2.75) is 32.6 Å². The van der Waals surface area contributed by atoms with Gasteiger partial charge in [-0.1, -0.05) is 17.2 Å². The van der Waals surface area contributed by atoms with Crippen molar-refractivity contribution in [2.24, 2.45) is 0 Å². The summed E-state index contributed by atoms with van der Waals surface area (Å²) in [6, 6.07) is 8.33. The number of thiophene rings is 1. The van der Waals surface area contributed by atoms with E-state index in [1.165, 1.54) is 5.56 Å². The molecule has 21 heavy (non-hydrogen) atoms. The third-order valence-electron chi connectivity index (χ3n) is 4.27. The second-order valence-electron chi connectivity index (χ2n) is 6.00. The van der Waals surface area contributed by atoms with E-state index in [1.807, 2.05) is 30.9 Å². The van der Waals surface area contributed by atoms with Gasteiger partial charge in [0.15, 0.2) is 0 Å². The van der Waals surface area contributed by atoms with Crippen molar-refractivity contribution in [3.8, 4) is 0 Å². The molecule has 0 saturated carbocycles. The fourth-order valence-electron chi connectivity index (χ4n) is 3.20. The molecule has 0 spiro atoms. The summed E-state index contributed by atoms with van der Waals surface area (Å²) in [5.41, 5.74) is 4.60. The second-order valence-corrected chi connectivity index (χ2v) is 6.78. The molecule has 1 aliphatic heterocycles. The van der Waals surface area contributed by atoms with Gasteiger partial charge in [-0.15, -0.1) is 0 Å². The van der Waals surface area contributed by atoms with E-state index in [0.717, 1.165) is 42.6 Å². The van der Waals surface area contributed by atoms with Crippen LogP contribution in [0.4, 0.5) is 0 Å². The standard InChI is InChI=1S/C18H21NOS/c1-13-9-14(2)11-17(10-13)18(20)19-6-3-15(4-7-19)16-5-8-21-12-16/h5,8-12,15H,3-4,6-7H2,1-2H3. The lowest BCUT2D eigenvalue weighted by Gasteiger charge is -2.32. The highest BCUT2D eigenvalue weighted by molar-refractivity contribution is 7.07. The first-order valence-electron chi connectivity index (χ1n) is 7.53. The normalized spacial score (nSPS) is 16.2. The molecule has 110 valence electrons. The molecule has 1 aromatic carbocycles. The lowest BCUT2D eigenvalue weighted by Crippen LogP contribution is -2.37. The molecule has 0 N–H and O–H groups in total. The van der Waals surface area contributed by atoms with Gasteiger partial charge in [-0.05, 0) is 67.1 Å². The van der Waals surface area contributed by atoms with Crippen LogP contribution in [0.5, 0.6) is 0 Å². The van der Waals surface area contributed by atoms with E-state index in [9.17, 15) is 4.79 Å². The fourth-order valence-corrected chi connectivity index (χ4v) is 3.95. The predicted octanol–water partition coefficient (Wildman–Crippen LogP) is 4.38. The summed E-state index contributed by atoms with van der Waals surface area (Å²) in [6.45, 7) is 5.83. The smallest absolute Gasteiger partial charge is 0.253 e. The molecule has 0 bridgehead atoms. The molecule has 2 aromatic rings. The van der Waals surface area contributed by atoms with E-state index in [4.69, 9.17) is 0 Å². The Hall–Kier alpha value is -1.61. The Morgan fingerprint density at radius 3 is 2.38 bits per heavy atom. The van der Waals surface area contributed by atoms with Crippen molar-refractivity contribution in [3.05, 3.63) is 57.3 Å². The minimum atomic E-state index is 0.186. The van der Waals surface area contributed by atoms with Gasteiger partial charge in [-0.25, -0.2) is 0 Å². The number of aryl methyl sites for hydroxylation is 2. The highest BCUT2D eigenvalue weighted by Crippen LogP contribution is 2.30. The average Bonchev–Trinajstić information content (AvgIpc) is 3.00. The molecule has 2 heterocycles. The molecule has 0 radical (unpaired) electrons. The monoisotopic (exact) mass is 299 g/mol. The summed E-state index contributed by atoms with van der Waals surface area (Å²) in [5.74, 6) is 0.810. The van der Waals surface area contributed by atoms with E-state index >= 15 is 0 Å². The van der Waals surface area contributed by atoms with Gasteiger partial charge in [0.1, 0.15) is 0 Å². The SMILES string of the molecule is Cc1cc(C)cc(C(=O)N2CCC(c3ccsc3)CC2)c1. The zero-order valence-electron chi connectivity index (χ0n) is 12.6. The second kappa shape index (κ2) is 6.02. The minimum Gasteiger partial charge on any atom is -0.339 e. The number of nitrogens with zero attached hydrogens (tertiary/aromatic N) is 1. The van der Waals surface area contributed by atoms with Crippen LogP contribution in [0.25, 0.3) is 0 Å². The van der Waals surface area contributed by atoms with Crippen molar-refractivity contribution in [1.29, 1.82) is 0 Å². The van der Waals surface area contributed by atoms with Crippen LogP contribution in [0, 0.1) is 13.8 Å². The molecule has 1 aliphatic rings. The van der Waals surface area contributed by atoms with Gasteiger partial charge in [0.05, 0.1) is 0 Å². The van der Waals surface area contributed by atoms with Crippen LogP contribution in [-0.4, -0.2) is 23.9 Å². The summed E-state index contributed by atoms with van der Waals surface area (Å²) in [5, 5.41) is 4.38. The van der Waals surface area contributed by atoms with E-state index in [-0.39, 0.29) is 5.91 Å². The largest absolute Gasteiger partial charge is 0.339 e. The quantitative estimate of drug-likeness (QED) is 0.805. The van der Waals surface area contributed by atoms with Crippen LogP contribution in [0.1, 0.15) is 45.8 Å². The summed E-state index contributed by atoms with van der Waals surface area (Å²) < 4.78 is 0. The molecule has 1 fully saturated rings. The van der Waals surface area contributed by atoms with Gasteiger partial charge in [-0.3, -0.25) is 4.79 Å². The van der Waals surface area contributed by atoms with E-state index < -0.39 is 0 Å². The molecular weight excluding hydrogens is 278 g/mol. The lowest BCUT2D eigenvalue weighted by molar-refractivity contribution is 0.0713. The van der Waals surface area contributed by atoms with Crippen LogP contribution in [0.3, 0.4) is 0 Å². The first-order valence-corrected chi connectivity index (χ1v) is 8.47. The first kappa shape index (κ1) is 14.3. The predicted molar refractivity (Wildman–Crippen MR) is 88.1 cm³/mol. The molecule has 0 atom stereocenters. The lowest BCUT2D eigenvalue weighted by atomic mass is 9.91. The van der Waals surface area contributed by atoms with Crippen molar-refractivity contribution in [1.82, 2.24) is 4.90 Å². The Bertz CT molecular complexity index is 604. The third-order valence-corrected chi connectivity index (χ3v) is 4.97.